The molecule has 8 rings (SSSR count). The van der Waals surface area contributed by atoms with E-state index in [9.17, 15) is 0 Å². The molecule has 4 nitrogen and oxygen atoms in total. The minimum atomic E-state index is 0.948. The lowest BCUT2D eigenvalue weighted by molar-refractivity contribution is 0.959. The molecular formula is C37H26N4. The lowest BCUT2D eigenvalue weighted by Crippen LogP contribution is -1.96. The Balaban J connectivity index is 1.35. The quantitative estimate of drug-likeness (QED) is 0.229. The van der Waals surface area contributed by atoms with Gasteiger partial charge in [0.2, 0.25) is 0 Å². The summed E-state index contributed by atoms with van der Waals surface area (Å²) in [6.45, 7) is 0. The summed E-state index contributed by atoms with van der Waals surface area (Å²) < 4.78 is 4.57. The summed E-state index contributed by atoms with van der Waals surface area (Å²) in [7, 11) is 2.11. The number of benzene rings is 5. The lowest BCUT2D eigenvalue weighted by atomic mass is 10.0. The molecule has 0 unspecified atom stereocenters. The third-order valence-electron chi connectivity index (χ3n) is 7.99. The number of rotatable bonds is 4. The van der Waals surface area contributed by atoms with Gasteiger partial charge in [0.1, 0.15) is 5.82 Å². The van der Waals surface area contributed by atoms with Gasteiger partial charge in [0.15, 0.2) is 0 Å². The largest absolute Gasteiger partial charge is 0.327 e. The number of para-hydroxylation sites is 2. The zero-order valence-corrected chi connectivity index (χ0v) is 22.6. The van der Waals surface area contributed by atoms with Gasteiger partial charge >= 0.3 is 0 Å². The standard InChI is InChI=1S/C37H26N4/c1-40-34-19-10-16-29(25-11-3-2-4-12-25)36(34)39-37(40)27-20-21-31-30-15-5-6-18-33(30)41(35(31)24-27)28-14-9-13-26(23-28)32-17-7-8-22-38-32/h2-24H,1H3. The Morgan fingerprint density at radius 1 is 0.537 bits per heavy atom. The van der Waals surface area contributed by atoms with Gasteiger partial charge in [-0.2, -0.15) is 0 Å². The molecule has 5 aromatic carbocycles. The van der Waals surface area contributed by atoms with Gasteiger partial charge < -0.3 is 9.13 Å². The number of pyridine rings is 1. The van der Waals surface area contributed by atoms with Gasteiger partial charge in [0.05, 0.1) is 27.8 Å². The Morgan fingerprint density at radius 3 is 2.17 bits per heavy atom. The van der Waals surface area contributed by atoms with E-state index < -0.39 is 0 Å². The van der Waals surface area contributed by atoms with E-state index in [4.69, 9.17) is 4.98 Å². The molecule has 3 aromatic heterocycles. The first-order valence-electron chi connectivity index (χ1n) is 13.8. The maximum Gasteiger partial charge on any atom is 0.140 e. The van der Waals surface area contributed by atoms with Crippen LogP contribution in [0.3, 0.4) is 0 Å². The van der Waals surface area contributed by atoms with E-state index in [1.807, 2.05) is 24.4 Å². The molecule has 8 aromatic rings. The molecule has 0 bridgehead atoms. The van der Waals surface area contributed by atoms with Crippen molar-refractivity contribution in [1.29, 1.82) is 0 Å². The average molecular weight is 527 g/mol. The van der Waals surface area contributed by atoms with Gasteiger partial charge in [0, 0.05) is 46.4 Å². The van der Waals surface area contributed by atoms with Crippen LogP contribution in [0.25, 0.3) is 72.3 Å². The van der Waals surface area contributed by atoms with Crippen LogP contribution in [0.5, 0.6) is 0 Å². The van der Waals surface area contributed by atoms with Gasteiger partial charge in [-0.15, -0.1) is 0 Å². The second-order valence-electron chi connectivity index (χ2n) is 10.4. The zero-order valence-electron chi connectivity index (χ0n) is 22.6. The van der Waals surface area contributed by atoms with E-state index in [-0.39, 0.29) is 0 Å². The lowest BCUT2D eigenvalue weighted by Gasteiger charge is -2.11. The fourth-order valence-corrected chi connectivity index (χ4v) is 6.05. The molecule has 3 heterocycles. The number of aromatic nitrogens is 4. The van der Waals surface area contributed by atoms with Crippen LogP contribution in [-0.4, -0.2) is 19.1 Å². The summed E-state index contributed by atoms with van der Waals surface area (Å²) in [6, 6.07) is 46.9. The van der Waals surface area contributed by atoms with Gasteiger partial charge in [-0.05, 0) is 48.0 Å². The van der Waals surface area contributed by atoms with Crippen LogP contribution < -0.4 is 0 Å². The second-order valence-corrected chi connectivity index (χ2v) is 10.4. The maximum atomic E-state index is 5.22. The minimum Gasteiger partial charge on any atom is -0.327 e. The fourth-order valence-electron chi connectivity index (χ4n) is 6.05. The van der Waals surface area contributed by atoms with Crippen molar-refractivity contribution in [2.24, 2.45) is 7.05 Å². The molecule has 0 amide bonds. The highest BCUT2D eigenvalue weighted by molar-refractivity contribution is 6.10. The first-order chi connectivity index (χ1) is 20.3. The van der Waals surface area contributed by atoms with Crippen molar-refractivity contribution in [2.75, 3.05) is 0 Å². The van der Waals surface area contributed by atoms with Crippen LogP contribution in [-0.2, 0) is 7.05 Å². The Kier molecular flexibility index (Phi) is 5.32. The summed E-state index contributed by atoms with van der Waals surface area (Å²) in [5.41, 5.74) is 11.0. The van der Waals surface area contributed by atoms with Gasteiger partial charge in [-0.25, -0.2) is 4.98 Å². The number of hydrogen-bond acceptors (Lipinski definition) is 2. The summed E-state index contributed by atoms with van der Waals surface area (Å²) in [6.07, 6.45) is 1.84. The summed E-state index contributed by atoms with van der Waals surface area (Å²) >= 11 is 0. The predicted molar refractivity (Wildman–Crippen MR) is 169 cm³/mol. The predicted octanol–water partition coefficient (Wildman–Crippen LogP) is 9.07. The Bertz CT molecular complexity index is 2210. The molecule has 0 radical (unpaired) electrons. The third-order valence-corrected chi connectivity index (χ3v) is 7.99. The monoisotopic (exact) mass is 526 g/mol. The molecule has 0 aliphatic rings. The van der Waals surface area contributed by atoms with Gasteiger partial charge in [-0.3, -0.25) is 4.98 Å². The van der Waals surface area contributed by atoms with Crippen molar-refractivity contribution >= 4 is 32.8 Å². The molecule has 0 saturated heterocycles. The average Bonchev–Trinajstić information content (AvgIpc) is 3.56. The Hall–Kier alpha value is -5.48. The van der Waals surface area contributed by atoms with E-state index in [0.717, 1.165) is 50.4 Å². The molecule has 0 N–H and O–H groups in total. The first-order valence-corrected chi connectivity index (χ1v) is 13.8. The molecule has 0 aliphatic carbocycles. The van der Waals surface area contributed by atoms with Crippen molar-refractivity contribution in [1.82, 2.24) is 19.1 Å². The molecule has 0 atom stereocenters. The van der Waals surface area contributed by atoms with Crippen molar-refractivity contribution in [2.45, 2.75) is 0 Å². The van der Waals surface area contributed by atoms with Crippen molar-refractivity contribution in [3.05, 3.63) is 140 Å². The maximum absolute atomic E-state index is 5.22. The molecule has 0 fully saturated rings. The van der Waals surface area contributed by atoms with Crippen LogP contribution in [0.15, 0.2) is 140 Å². The summed E-state index contributed by atoms with van der Waals surface area (Å²) in [5, 5.41) is 2.45. The van der Waals surface area contributed by atoms with E-state index in [1.165, 1.54) is 21.9 Å². The van der Waals surface area contributed by atoms with E-state index in [1.54, 1.807) is 0 Å². The minimum absolute atomic E-state index is 0.948. The van der Waals surface area contributed by atoms with Crippen molar-refractivity contribution in [3.8, 4) is 39.5 Å². The molecular weight excluding hydrogens is 500 g/mol. The number of aryl methyl sites for hydroxylation is 1. The van der Waals surface area contributed by atoms with Crippen LogP contribution in [0.1, 0.15) is 0 Å². The number of imidazole rings is 1. The van der Waals surface area contributed by atoms with Crippen LogP contribution in [0, 0.1) is 0 Å². The Morgan fingerprint density at radius 2 is 1.29 bits per heavy atom. The normalized spacial score (nSPS) is 11.5. The SMILES string of the molecule is Cn1c(-c2ccc3c4ccccc4n(-c4cccc(-c5ccccn5)c4)c3c2)nc2c(-c3ccccc3)cccc21. The van der Waals surface area contributed by atoms with Gasteiger partial charge in [0.25, 0.3) is 0 Å². The van der Waals surface area contributed by atoms with Crippen molar-refractivity contribution in [3.63, 3.8) is 0 Å². The van der Waals surface area contributed by atoms with E-state index in [2.05, 4.69) is 136 Å². The van der Waals surface area contributed by atoms with Crippen LogP contribution in [0.2, 0.25) is 0 Å². The van der Waals surface area contributed by atoms with Crippen LogP contribution in [0.4, 0.5) is 0 Å². The number of nitrogens with zero attached hydrogens (tertiary/aromatic N) is 4. The zero-order chi connectivity index (χ0) is 27.3. The highest BCUT2D eigenvalue weighted by Gasteiger charge is 2.17. The first kappa shape index (κ1) is 23.4. The van der Waals surface area contributed by atoms with Crippen LogP contribution >= 0.6 is 0 Å². The smallest absolute Gasteiger partial charge is 0.140 e. The highest BCUT2D eigenvalue weighted by Crippen LogP contribution is 2.37. The molecule has 0 saturated carbocycles. The topological polar surface area (TPSA) is 35.6 Å². The van der Waals surface area contributed by atoms with Crippen molar-refractivity contribution < 1.29 is 0 Å². The summed E-state index contributed by atoms with van der Waals surface area (Å²) in [5.74, 6) is 0.948. The second kappa shape index (κ2) is 9.32. The Labute approximate surface area is 237 Å². The molecule has 41 heavy (non-hydrogen) atoms. The number of hydrogen-bond donors (Lipinski definition) is 0. The summed E-state index contributed by atoms with van der Waals surface area (Å²) in [4.78, 5) is 9.81. The molecule has 0 aliphatic heterocycles. The third kappa shape index (κ3) is 3.76. The van der Waals surface area contributed by atoms with Gasteiger partial charge in [-0.1, -0.05) is 91.0 Å². The van der Waals surface area contributed by atoms with E-state index >= 15 is 0 Å². The van der Waals surface area contributed by atoms with E-state index in [0.29, 0.717) is 0 Å². The fraction of sp³-hybridized carbons (Fsp3) is 0.0270. The molecule has 0 spiro atoms. The molecule has 4 heteroatoms. The number of fused-ring (bicyclic) bond motifs is 4. The highest BCUT2D eigenvalue weighted by atomic mass is 15.1. The molecule has 194 valence electrons.